The number of unbranched alkanes of at least 4 members (excludes halogenated alkanes) is 14. The zero-order valence-corrected chi connectivity index (χ0v) is 21.7. The molecule has 0 fully saturated rings. The average Bonchev–Trinajstić information content (AvgIpc) is 2.69. The molecule has 0 aromatic rings. The number of ether oxygens (including phenoxy) is 1. The fourth-order valence-electron chi connectivity index (χ4n) is 3.31. The molecule has 0 aromatic carbocycles. The van der Waals surface area contributed by atoms with Crippen molar-refractivity contribution in [3.05, 3.63) is 24.5 Å². The van der Waals surface area contributed by atoms with E-state index in [0.717, 1.165) is 12.8 Å². The van der Waals surface area contributed by atoms with E-state index in [-0.39, 0.29) is 42.4 Å². The minimum absolute atomic E-state index is 0. The number of aliphatic carboxylic acids is 1. The standard InChI is InChI=1S/C25H44O4.Na/c1-3-5-6-7-8-9-10-11-12-13-14-15-16-17-18-20-23(19-4-2)29-25(28)22-21-24(26)27;/h4,20H,2-3,5-19,21-22H2,1H3,(H,26,27);/q;+1/p-1. The number of hydrogen-bond acceptors (Lipinski definition) is 4. The molecule has 0 aromatic heterocycles. The van der Waals surface area contributed by atoms with Crippen molar-refractivity contribution in [1.29, 1.82) is 0 Å². The van der Waals surface area contributed by atoms with Gasteiger partial charge in [-0.15, -0.1) is 6.58 Å². The minimum Gasteiger partial charge on any atom is -0.550 e. The van der Waals surface area contributed by atoms with E-state index in [4.69, 9.17) is 4.74 Å². The van der Waals surface area contributed by atoms with E-state index >= 15 is 0 Å². The van der Waals surface area contributed by atoms with Crippen LogP contribution in [0, 0.1) is 0 Å². The molecule has 0 bridgehead atoms. The molecule has 0 aliphatic rings. The van der Waals surface area contributed by atoms with Crippen molar-refractivity contribution in [2.75, 3.05) is 0 Å². The van der Waals surface area contributed by atoms with E-state index in [1.165, 1.54) is 83.5 Å². The number of esters is 1. The summed E-state index contributed by atoms with van der Waals surface area (Å²) in [5.41, 5.74) is 0. The Balaban J connectivity index is 0. The minimum atomic E-state index is -1.24. The van der Waals surface area contributed by atoms with Crippen molar-refractivity contribution in [2.45, 2.75) is 122 Å². The molecule has 0 amide bonds. The molecule has 0 aliphatic heterocycles. The third-order valence-electron chi connectivity index (χ3n) is 5.05. The second kappa shape index (κ2) is 24.7. The van der Waals surface area contributed by atoms with Gasteiger partial charge in [0.15, 0.2) is 0 Å². The van der Waals surface area contributed by atoms with Crippen molar-refractivity contribution >= 4 is 11.9 Å². The number of allylic oxidation sites excluding steroid dienone is 2. The zero-order valence-electron chi connectivity index (χ0n) is 19.7. The monoisotopic (exact) mass is 430 g/mol. The summed E-state index contributed by atoms with van der Waals surface area (Å²) < 4.78 is 5.22. The van der Waals surface area contributed by atoms with E-state index in [1.807, 2.05) is 6.08 Å². The first-order valence-electron chi connectivity index (χ1n) is 11.8. The third kappa shape index (κ3) is 23.7. The molecule has 0 atom stereocenters. The maximum atomic E-state index is 11.6. The van der Waals surface area contributed by atoms with Crippen molar-refractivity contribution in [3.8, 4) is 0 Å². The van der Waals surface area contributed by atoms with Gasteiger partial charge in [0.25, 0.3) is 0 Å². The fourth-order valence-corrected chi connectivity index (χ4v) is 3.31. The van der Waals surface area contributed by atoms with Crippen LogP contribution in [-0.4, -0.2) is 11.9 Å². The Morgan fingerprint density at radius 3 is 1.70 bits per heavy atom. The SMILES string of the molecule is C=CCC(=CCCCCCCCCCCCCCCCC)OC(=O)CCC(=O)[O-].[Na+]. The summed E-state index contributed by atoms with van der Waals surface area (Å²) in [5.74, 6) is -1.19. The van der Waals surface area contributed by atoms with Crippen LogP contribution >= 0.6 is 0 Å². The second-order valence-electron chi connectivity index (χ2n) is 7.89. The summed E-state index contributed by atoms with van der Waals surface area (Å²) >= 11 is 0. The van der Waals surface area contributed by atoms with Gasteiger partial charge in [-0.05, 0) is 25.3 Å². The number of carboxylic acid groups (broad SMARTS) is 1. The largest absolute Gasteiger partial charge is 1.00 e. The van der Waals surface area contributed by atoms with Crippen LogP contribution in [-0.2, 0) is 14.3 Å². The Bertz CT molecular complexity index is 460. The molecule has 0 saturated carbocycles. The third-order valence-corrected chi connectivity index (χ3v) is 5.05. The number of hydrogen-bond donors (Lipinski definition) is 0. The predicted octanol–water partition coefficient (Wildman–Crippen LogP) is 3.40. The summed E-state index contributed by atoms with van der Waals surface area (Å²) in [6.07, 6.45) is 23.2. The quantitative estimate of drug-likeness (QED) is 0.0920. The molecule has 0 rings (SSSR count). The second-order valence-corrected chi connectivity index (χ2v) is 7.89. The van der Waals surface area contributed by atoms with Gasteiger partial charge in [-0.1, -0.05) is 96.5 Å². The summed E-state index contributed by atoms with van der Waals surface area (Å²) in [4.78, 5) is 22.0. The first kappa shape index (κ1) is 31.6. The van der Waals surface area contributed by atoms with Gasteiger partial charge in [-0.3, -0.25) is 4.79 Å². The normalized spacial score (nSPS) is 11.0. The van der Waals surface area contributed by atoms with Gasteiger partial charge in [0.05, 0.1) is 6.42 Å². The smallest absolute Gasteiger partial charge is 0.550 e. The van der Waals surface area contributed by atoms with Crippen LogP contribution in [0.5, 0.6) is 0 Å². The van der Waals surface area contributed by atoms with Gasteiger partial charge < -0.3 is 14.6 Å². The number of carbonyl (C=O) groups excluding carboxylic acids is 2. The fraction of sp³-hybridized carbons (Fsp3) is 0.760. The van der Waals surface area contributed by atoms with Crippen molar-refractivity contribution < 1.29 is 49.0 Å². The van der Waals surface area contributed by atoms with Crippen molar-refractivity contribution in [2.24, 2.45) is 0 Å². The van der Waals surface area contributed by atoms with E-state index in [1.54, 1.807) is 6.08 Å². The molecular weight excluding hydrogens is 387 g/mol. The summed E-state index contributed by atoms with van der Waals surface area (Å²) in [6.45, 7) is 5.93. The van der Waals surface area contributed by atoms with Crippen LogP contribution in [0.15, 0.2) is 24.5 Å². The summed E-state index contributed by atoms with van der Waals surface area (Å²) in [7, 11) is 0. The van der Waals surface area contributed by atoms with Gasteiger partial charge in [0, 0.05) is 12.4 Å². The molecule has 5 heteroatoms. The van der Waals surface area contributed by atoms with Gasteiger partial charge in [0.2, 0.25) is 0 Å². The maximum absolute atomic E-state index is 11.6. The summed E-state index contributed by atoms with van der Waals surface area (Å²) in [6, 6.07) is 0. The Kier molecular flexibility index (Phi) is 26.0. The topological polar surface area (TPSA) is 66.4 Å². The van der Waals surface area contributed by atoms with E-state index < -0.39 is 11.9 Å². The molecule has 0 aliphatic carbocycles. The molecule has 168 valence electrons. The number of carboxylic acids is 1. The summed E-state index contributed by atoms with van der Waals surface area (Å²) in [5, 5.41) is 10.4. The van der Waals surface area contributed by atoms with Gasteiger partial charge in [-0.2, -0.15) is 0 Å². The Morgan fingerprint density at radius 1 is 0.800 bits per heavy atom. The molecule has 0 spiro atoms. The van der Waals surface area contributed by atoms with Crippen LogP contribution in [0.4, 0.5) is 0 Å². The molecule has 0 saturated heterocycles. The predicted molar refractivity (Wildman–Crippen MR) is 118 cm³/mol. The first-order valence-corrected chi connectivity index (χ1v) is 11.8. The van der Waals surface area contributed by atoms with Crippen LogP contribution in [0.2, 0.25) is 0 Å². The van der Waals surface area contributed by atoms with Gasteiger partial charge in [0.1, 0.15) is 5.76 Å². The zero-order chi connectivity index (χ0) is 21.6. The van der Waals surface area contributed by atoms with Crippen molar-refractivity contribution in [3.63, 3.8) is 0 Å². The van der Waals surface area contributed by atoms with Gasteiger partial charge in [-0.25, -0.2) is 0 Å². The van der Waals surface area contributed by atoms with Crippen LogP contribution in [0.25, 0.3) is 0 Å². The molecule has 0 unspecified atom stereocenters. The maximum Gasteiger partial charge on any atom is 1.00 e. The van der Waals surface area contributed by atoms with Crippen LogP contribution < -0.4 is 34.7 Å². The van der Waals surface area contributed by atoms with Crippen molar-refractivity contribution in [1.82, 2.24) is 0 Å². The Morgan fingerprint density at radius 2 is 1.27 bits per heavy atom. The van der Waals surface area contributed by atoms with E-state index in [0.29, 0.717) is 12.2 Å². The molecule has 30 heavy (non-hydrogen) atoms. The number of rotatable bonds is 21. The first-order chi connectivity index (χ1) is 14.1. The molecule has 0 heterocycles. The molecule has 0 radical (unpaired) electrons. The van der Waals surface area contributed by atoms with Crippen LogP contribution in [0.3, 0.4) is 0 Å². The molecule has 0 N–H and O–H groups in total. The average molecular weight is 431 g/mol. The Labute approximate surface area is 207 Å². The van der Waals surface area contributed by atoms with Crippen LogP contribution in [0.1, 0.15) is 122 Å². The molecular formula is C25H43NaO4. The molecule has 4 nitrogen and oxygen atoms in total. The van der Waals surface area contributed by atoms with E-state index in [9.17, 15) is 14.7 Å². The van der Waals surface area contributed by atoms with Gasteiger partial charge >= 0.3 is 35.5 Å². The number of carbonyl (C=O) groups is 2. The van der Waals surface area contributed by atoms with E-state index in [2.05, 4.69) is 13.5 Å². The Hall–Kier alpha value is -0.580.